The standard InChI is InChI=1S/C33H29ClFN7O4/c1-32(22-6-5-20(34)13-23(22)35)44-27-4-2-3-21(29(27)45-32)19-7-11-41(12-8-19)16-28-38-24-14-25(30-39-31(43)46-40-30)37-15-26(24)42(28)18-33(17-36)9-10-33/h2-6,13-15,19H,7-12,16,18H2,1H3,(H,39,40,43). The predicted octanol–water partition coefficient (Wildman–Crippen LogP) is 5.89. The average Bonchev–Trinajstić information content (AvgIpc) is 3.34. The molecule has 1 unspecified atom stereocenters. The zero-order chi connectivity index (χ0) is 31.6. The molecule has 1 atom stereocenters. The summed E-state index contributed by atoms with van der Waals surface area (Å²) in [7, 11) is 0. The molecule has 1 aliphatic carbocycles. The van der Waals surface area contributed by atoms with Gasteiger partial charge in [0.15, 0.2) is 11.5 Å². The van der Waals surface area contributed by atoms with E-state index < -0.39 is 17.4 Å². The van der Waals surface area contributed by atoms with Gasteiger partial charge in [-0.15, -0.1) is 0 Å². The van der Waals surface area contributed by atoms with Crippen LogP contribution in [-0.4, -0.2) is 42.7 Å². The molecule has 2 aromatic carbocycles. The van der Waals surface area contributed by atoms with Crippen molar-refractivity contribution in [3.63, 3.8) is 0 Å². The number of fused-ring (bicyclic) bond motifs is 2. The fraction of sp³-hybridized carbons (Fsp3) is 0.364. The first-order valence-corrected chi connectivity index (χ1v) is 15.6. The zero-order valence-corrected chi connectivity index (χ0v) is 25.7. The van der Waals surface area contributed by atoms with Gasteiger partial charge in [0, 0.05) is 24.1 Å². The second-order valence-electron chi connectivity index (χ2n) is 12.5. The van der Waals surface area contributed by atoms with Gasteiger partial charge in [0.05, 0.1) is 40.8 Å². The van der Waals surface area contributed by atoms with E-state index in [4.69, 9.17) is 26.1 Å². The maximum atomic E-state index is 14.9. The van der Waals surface area contributed by atoms with Crippen LogP contribution in [0.25, 0.3) is 22.6 Å². The minimum absolute atomic E-state index is 0.232. The van der Waals surface area contributed by atoms with Crippen LogP contribution in [0, 0.1) is 22.6 Å². The summed E-state index contributed by atoms with van der Waals surface area (Å²) in [5.41, 5.74) is 2.95. The Balaban J connectivity index is 1.02. The number of ether oxygens (including phenoxy) is 2. The Morgan fingerprint density at radius 1 is 1.17 bits per heavy atom. The van der Waals surface area contributed by atoms with Crippen LogP contribution < -0.4 is 15.2 Å². The van der Waals surface area contributed by atoms with Crippen molar-refractivity contribution in [3.05, 3.63) is 87.0 Å². The highest BCUT2D eigenvalue weighted by Gasteiger charge is 2.45. The van der Waals surface area contributed by atoms with Gasteiger partial charge in [0.25, 0.3) is 5.79 Å². The van der Waals surface area contributed by atoms with Gasteiger partial charge in [-0.1, -0.05) is 28.9 Å². The number of aromatic nitrogens is 5. The molecule has 2 fully saturated rings. The van der Waals surface area contributed by atoms with E-state index in [0.717, 1.165) is 55.7 Å². The monoisotopic (exact) mass is 641 g/mol. The normalized spacial score (nSPS) is 20.7. The molecule has 1 N–H and O–H groups in total. The molecular weight excluding hydrogens is 613 g/mol. The molecule has 13 heteroatoms. The number of benzene rings is 2. The SMILES string of the molecule is CC1(c2ccc(Cl)cc2F)Oc2cccc(C3CCN(Cc4nc5cc(-c6noc(=O)[nH]6)ncc5n4CC4(C#N)CC4)CC3)c2O1. The Labute approximate surface area is 267 Å². The molecule has 1 saturated heterocycles. The summed E-state index contributed by atoms with van der Waals surface area (Å²) in [4.78, 5) is 25.9. The van der Waals surface area contributed by atoms with Gasteiger partial charge in [-0.2, -0.15) is 5.26 Å². The average molecular weight is 642 g/mol. The van der Waals surface area contributed by atoms with Gasteiger partial charge < -0.3 is 14.0 Å². The van der Waals surface area contributed by atoms with E-state index in [9.17, 15) is 14.4 Å². The first-order chi connectivity index (χ1) is 22.2. The Morgan fingerprint density at radius 3 is 2.72 bits per heavy atom. The fourth-order valence-electron chi connectivity index (χ4n) is 6.64. The first-order valence-electron chi connectivity index (χ1n) is 15.2. The second-order valence-corrected chi connectivity index (χ2v) is 12.9. The summed E-state index contributed by atoms with van der Waals surface area (Å²) in [5, 5.41) is 13.9. The van der Waals surface area contributed by atoms with Crippen molar-refractivity contribution in [2.45, 2.75) is 57.4 Å². The maximum absolute atomic E-state index is 14.9. The Bertz CT molecular complexity index is 2090. The fourth-order valence-corrected chi connectivity index (χ4v) is 6.80. The minimum atomic E-state index is -1.30. The lowest BCUT2D eigenvalue weighted by Gasteiger charge is -2.32. The van der Waals surface area contributed by atoms with Crippen molar-refractivity contribution in [1.82, 2.24) is 29.6 Å². The van der Waals surface area contributed by atoms with Crippen LogP contribution in [0.1, 0.15) is 55.5 Å². The molecule has 5 aromatic rings. The Morgan fingerprint density at radius 2 is 2.00 bits per heavy atom. The van der Waals surface area contributed by atoms with Crippen molar-refractivity contribution in [2.24, 2.45) is 5.41 Å². The van der Waals surface area contributed by atoms with Crippen LogP contribution in [0.4, 0.5) is 4.39 Å². The van der Waals surface area contributed by atoms with Crippen LogP contribution in [0.15, 0.2) is 58.0 Å². The van der Waals surface area contributed by atoms with E-state index in [1.807, 2.05) is 12.1 Å². The zero-order valence-electron chi connectivity index (χ0n) is 24.9. The first kappa shape index (κ1) is 28.7. The van der Waals surface area contributed by atoms with Crippen LogP contribution in [-0.2, 0) is 18.9 Å². The molecule has 46 heavy (non-hydrogen) atoms. The second kappa shape index (κ2) is 10.7. The molecule has 5 heterocycles. The molecule has 3 aromatic heterocycles. The van der Waals surface area contributed by atoms with E-state index in [1.54, 1.807) is 31.3 Å². The number of piperidine rings is 1. The van der Waals surface area contributed by atoms with E-state index >= 15 is 0 Å². The highest BCUT2D eigenvalue weighted by molar-refractivity contribution is 6.30. The number of H-pyrrole nitrogens is 1. The van der Waals surface area contributed by atoms with Gasteiger partial charge in [-0.25, -0.2) is 14.2 Å². The molecule has 2 aliphatic heterocycles. The van der Waals surface area contributed by atoms with Crippen molar-refractivity contribution >= 4 is 22.6 Å². The minimum Gasteiger partial charge on any atom is -0.444 e. The summed E-state index contributed by atoms with van der Waals surface area (Å²) in [6.45, 7) is 4.54. The maximum Gasteiger partial charge on any atom is 0.439 e. The van der Waals surface area contributed by atoms with Crippen molar-refractivity contribution in [3.8, 4) is 29.1 Å². The van der Waals surface area contributed by atoms with Crippen LogP contribution in [0.3, 0.4) is 0 Å². The van der Waals surface area contributed by atoms with Crippen LogP contribution in [0.2, 0.25) is 5.02 Å². The lowest BCUT2D eigenvalue weighted by Crippen LogP contribution is -2.34. The van der Waals surface area contributed by atoms with Crippen LogP contribution >= 0.6 is 11.6 Å². The van der Waals surface area contributed by atoms with Crippen molar-refractivity contribution in [1.29, 1.82) is 5.26 Å². The number of hydrogen-bond donors (Lipinski definition) is 1. The number of nitriles is 1. The molecule has 0 radical (unpaired) electrons. The number of likely N-dealkylation sites (tertiary alicyclic amines) is 1. The summed E-state index contributed by atoms with van der Waals surface area (Å²) in [5.74, 6) is 0.151. The number of hydrogen-bond acceptors (Lipinski definition) is 9. The third-order valence-electron chi connectivity index (χ3n) is 9.37. The molecule has 1 saturated carbocycles. The number of rotatable bonds is 7. The molecular formula is C33H29ClFN7O4. The van der Waals surface area contributed by atoms with Gasteiger partial charge >= 0.3 is 5.76 Å². The summed E-state index contributed by atoms with van der Waals surface area (Å²) >= 11 is 5.98. The van der Waals surface area contributed by atoms with E-state index in [2.05, 4.69) is 41.3 Å². The number of para-hydroxylation sites is 1. The molecule has 0 amide bonds. The third kappa shape index (κ3) is 5.00. The number of nitrogens with zero attached hydrogens (tertiary/aromatic N) is 6. The quantitative estimate of drug-likeness (QED) is 0.231. The van der Waals surface area contributed by atoms with Gasteiger partial charge in [0.1, 0.15) is 17.3 Å². The van der Waals surface area contributed by atoms with Gasteiger partial charge in [-0.3, -0.25) is 19.4 Å². The van der Waals surface area contributed by atoms with Crippen molar-refractivity contribution in [2.75, 3.05) is 13.1 Å². The highest BCUT2D eigenvalue weighted by Crippen LogP contribution is 2.50. The number of pyridine rings is 1. The van der Waals surface area contributed by atoms with Crippen molar-refractivity contribution < 1.29 is 18.4 Å². The Kier molecular flexibility index (Phi) is 6.67. The predicted molar refractivity (Wildman–Crippen MR) is 165 cm³/mol. The molecule has 234 valence electrons. The molecule has 8 rings (SSSR count). The smallest absolute Gasteiger partial charge is 0.439 e. The highest BCUT2D eigenvalue weighted by atomic mass is 35.5. The Hall–Kier alpha value is -4.73. The van der Waals surface area contributed by atoms with Gasteiger partial charge in [-0.05, 0) is 75.0 Å². The molecule has 0 spiro atoms. The number of nitrogens with one attached hydrogen (secondary N) is 1. The number of aromatic amines is 1. The lowest BCUT2D eigenvalue weighted by molar-refractivity contribution is -0.0712. The topological polar surface area (TPSA) is 135 Å². The lowest BCUT2D eigenvalue weighted by atomic mass is 9.88. The number of halogens is 2. The van der Waals surface area contributed by atoms with E-state index in [1.165, 1.54) is 6.07 Å². The van der Waals surface area contributed by atoms with E-state index in [-0.39, 0.29) is 22.7 Å². The summed E-state index contributed by atoms with van der Waals surface area (Å²) in [6, 6.07) is 14.6. The molecule has 3 aliphatic rings. The molecule has 11 nitrogen and oxygen atoms in total. The van der Waals surface area contributed by atoms with Crippen LogP contribution in [0.5, 0.6) is 11.5 Å². The largest absolute Gasteiger partial charge is 0.444 e. The van der Waals surface area contributed by atoms with E-state index in [0.29, 0.717) is 40.8 Å². The van der Waals surface area contributed by atoms with Gasteiger partial charge in [0.2, 0.25) is 5.82 Å². The third-order valence-corrected chi connectivity index (χ3v) is 9.61. The molecule has 0 bridgehead atoms. The number of imidazole rings is 1. The summed E-state index contributed by atoms with van der Waals surface area (Å²) in [6.07, 6.45) is 5.21. The summed E-state index contributed by atoms with van der Waals surface area (Å²) < 4.78 is 34.2.